The minimum atomic E-state index is -0.841. The third kappa shape index (κ3) is 3.54. The second-order valence-corrected chi connectivity index (χ2v) is 5.14. The van der Waals surface area contributed by atoms with Crippen LogP contribution in [0.1, 0.15) is 12.6 Å². The van der Waals surface area contributed by atoms with Gasteiger partial charge in [-0.05, 0) is 44.2 Å². The van der Waals surface area contributed by atoms with Crippen LogP contribution in [0, 0.1) is 6.92 Å². The summed E-state index contributed by atoms with van der Waals surface area (Å²) in [5, 5.41) is 14.0. The lowest BCUT2D eigenvalue weighted by Gasteiger charge is -2.08. The van der Waals surface area contributed by atoms with Crippen molar-refractivity contribution in [3.63, 3.8) is 0 Å². The molecule has 2 aromatic rings. The zero-order chi connectivity index (χ0) is 14.5. The molecule has 106 valence electrons. The zero-order valence-corrected chi connectivity index (χ0v) is 12.2. The summed E-state index contributed by atoms with van der Waals surface area (Å²) in [6, 6.07) is 9.44. The number of hydrogen-bond donors (Lipinski definition) is 1. The van der Waals surface area contributed by atoms with E-state index in [0.717, 1.165) is 22.2 Å². The van der Waals surface area contributed by atoms with Crippen molar-refractivity contribution >= 4 is 17.7 Å². The van der Waals surface area contributed by atoms with Crippen LogP contribution in [0.15, 0.2) is 35.4 Å². The summed E-state index contributed by atoms with van der Waals surface area (Å²) in [7, 11) is 0. The molecule has 0 spiro atoms. The molecule has 0 amide bonds. The van der Waals surface area contributed by atoms with Gasteiger partial charge in [-0.3, -0.25) is 4.79 Å². The first-order valence-electron chi connectivity index (χ1n) is 6.24. The SMILES string of the molecule is CCOc1ccc(-n2nc(C)cc2SCC(=O)O)cc1. The lowest BCUT2D eigenvalue weighted by molar-refractivity contribution is -0.133. The number of carboxylic acids is 1. The molecular formula is C14H16N2O3S. The first-order valence-corrected chi connectivity index (χ1v) is 7.23. The Hall–Kier alpha value is -1.95. The molecule has 0 saturated carbocycles. The second kappa shape index (κ2) is 6.47. The second-order valence-electron chi connectivity index (χ2n) is 4.15. The number of nitrogens with zero attached hydrogens (tertiary/aromatic N) is 2. The van der Waals surface area contributed by atoms with Gasteiger partial charge in [0.05, 0.1) is 23.7 Å². The molecule has 0 aliphatic carbocycles. The summed E-state index contributed by atoms with van der Waals surface area (Å²) in [6.07, 6.45) is 0. The Morgan fingerprint density at radius 3 is 2.70 bits per heavy atom. The highest BCUT2D eigenvalue weighted by molar-refractivity contribution is 7.99. The number of carboxylic acid groups (broad SMARTS) is 1. The smallest absolute Gasteiger partial charge is 0.313 e. The Kier molecular flexibility index (Phi) is 4.68. The van der Waals surface area contributed by atoms with Crippen LogP contribution >= 0.6 is 11.8 Å². The monoisotopic (exact) mass is 292 g/mol. The van der Waals surface area contributed by atoms with Gasteiger partial charge >= 0.3 is 5.97 Å². The first-order chi connectivity index (χ1) is 9.60. The molecule has 1 heterocycles. The maximum absolute atomic E-state index is 10.7. The van der Waals surface area contributed by atoms with E-state index in [9.17, 15) is 4.79 Å². The molecule has 0 saturated heterocycles. The fourth-order valence-corrected chi connectivity index (χ4v) is 2.54. The topological polar surface area (TPSA) is 64.4 Å². The number of aliphatic carboxylic acids is 1. The number of carbonyl (C=O) groups is 1. The van der Waals surface area contributed by atoms with Crippen molar-refractivity contribution in [3.05, 3.63) is 36.0 Å². The number of benzene rings is 1. The summed E-state index contributed by atoms with van der Waals surface area (Å²) in [5.74, 6) is -0.0192. The van der Waals surface area contributed by atoms with Gasteiger partial charge < -0.3 is 9.84 Å². The quantitative estimate of drug-likeness (QED) is 0.829. The van der Waals surface area contributed by atoms with E-state index in [-0.39, 0.29) is 5.75 Å². The average Bonchev–Trinajstić information content (AvgIpc) is 2.79. The van der Waals surface area contributed by atoms with Gasteiger partial charge in [-0.15, -0.1) is 0 Å². The van der Waals surface area contributed by atoms with E-state index in [0.29, 0.717) is 6.61 Å². The van der Waals surface area contributed by atoms with Crippen LogP contribution in [-0.2, 0) is 4.79 Å². The van der Waals surface area contributed by atoms with Gasteiger partial charge in [0, 0.05) is 0 Å². The molecule has 0 fully saturated rings. The predicted molar refractivity (Wildman–Crippen MR) is 77.8 cm³/mol. The van der Waals surface area contributed by atoms with Crippen molar-refractivity contribution in [2.24, 2.45) is 0 Å². The van der Waals surface area contributed by atoms with Gasteiger partial charge in [0.15, 0.2) is 0 Å². The van der Waals surface area contributed by atoms with Gasteiger partial charge in [-0.1, -0.05) is 11.8 Å². The van der Waals surface area contributed by atoms with Crippen molar-refractivity contribution in [1.82, 2.24) is 9.78 Å². The Labute approximate surface area is 121 Å². The molecule has 1 aromatic heterocycles. The fourth-order valence-electron chi connectivity index (χ4n) is 1.75. The fraction of sp³-hybridized carbons (Fsp3) is 0.286. The van der Waals surface area contributed by atoms with Crippen molar-refractivity contribution in [2.45, 2.75) is 18.9 Å². The predicted octanol–water partition coefficient (Wildman–Crippen LogP) is 2.76. The van der Waals surface area contributed by atoms with Crippen LogP contribution in [0.2, 0.25) is 0 Å². The van der Waals surface area contributed by atoms with Gasteiger partial charge in [0.1, 0.15) is 10.8 Å². The van der Waals surface area contributed by atoms with Gasteiger partial charge in [-0.25, -0.2) is 4.68 Å². The molecule has 2 rings (SSSR count). The highest BCUT2D eigenvalue weighted by atomic mass is 32.2. The van der Waals surface area contributed by atoms with E-state index in [4.69, 9.17) is 9.84 Å². The van der Waals surface area contributed by atoms with E-state index in [1.165, 1.54) is 11.8 Å². The van der Waals surface area contributed by atoms with E-state index in [1.807, 2.05) is 44.2 Å². The van der Waals surface area contributed by atoms with E-state index in [2.05, 4.69) is 5.10 Å². The number of aryl methyl sites for hydroxylation is 1. The molecule has 5 nitrogen and oxygen atoms in total. The molecule has 0 atom stereocenters. The maximum atomic E-state index is 10.7. The summed E-state index contributed by atoms with van der Waals surface area (Å²) in [6.45, 7) is 4.45. The average molecular weight is 292 g/mol. The Morgan fingerprint density at radius 2 is 2.10 bits per heavy atom. The molecule has 0 aliphatic heterocycles. The lowest BCUT2D eigenvalue weighted by Crippen LogP contribution is -2.02. The van der Waals surface area contributed by atoms with Gasteiger partial charge in [0.2, 0.25) is 0 Å². The number of thioether (sulfide) groups is 1. The largest absolute Gasteiger partial charge is 0.494 e. The van der Waals surface area contributed by atoms with E-state index < -0.39 is 5.97 Å². The van der Waals surface area contributed by atoms with E-state index >= 15 is 0 Å². The highest BCUT2D eigenvalue weighted by Crippen LogP contribution is 2.24. The summed E-state index contributed by atoms with van der Waals surface area (Å²) >= 11 is 1.25. The summed E-state index contributed by atoms with van der Waals surface area (Å²) in [5.41, 5.74) is 1.74. The number of aromatic nitrogens is 2. The number of ether oxygens (including phenoxy) is 1. The summed E-state index contributed by atoms with van der Waals surface area (Å²) < 4.78 is 7.15. The summed E-state index contributed by atoms with van der Waals surface area (Å²) in [4.78, 5) is 10.7. The van der Waals surface area contributed by atoms with Gasteiger partial charge in [-0.2, -0.15) is 5.10 Å². The lowest BCUT2D eigenvalue weighted by atomic mass is 10.3. The standard InChI is InChI=1S/C14H16N2O3S/c1-3-19-12-6-4-11(5-7-12)16-13(8-10(2)15-16)20-9-14(17)18/h4-8H,3,9H2,1-2H3,(H,17,18). The molecule has 0 radical (unpaired) electrons. The normalized spacial score (nSPS) is 10.5. The van der Waals surface area contributed by atoms with Crippen molar-refractivity contribution in [2.75, 3.05) is 12.4 Å². The van der Waals surface area contributed by atoms with Crippen molar-refractivity contribution < 1.29 is 14.6 Å². The Balaban J connectivity index is 2.24. The molecule has 0 bridgehead atoms. The molecule has 0 aliphatic rings. The zero-order valence-electron chi connectivity index (χ0n) is 11.4. The van der Waals surface area contributed by atoms with Crippen LogP contribution in [0.4, 0.5) is 0 Å². The third-order valence-corrected chi connectivity index (χ3v) is 3.51. The minimum absolute atomic E-state index is 0.0160. The molecule has 1 N–H and O–H groups in total. The van der Waals surface area contributed by atoms with Crippen molar-refractivity contribution in [3.8, 4) is 11.4 Å². The van der Waals surface area contributed by atoms with Crippen LogP contribution in [0.5, 0.6) is 5.75 Å². The highest BCUT2D eigenvalue weighted by Gasteiger charge is 2.10. The number of hydrogen-bond acceptors (Lipinski definition) is 4. The molecule has 1 aromatic carbocycles. The minimum Gasteiger partial charge on any atom is -0.494 e. The van der Waals surface area contributed by atoms with E-state index in [1.54, 1.807) is 4.68 Å². The Bertz CT molecular complexity index is 593. The molecule has 6 heteroatoms. The molecule has 20 heavy (non-hydrogen) atoms. The Morgan fingerprint density at radius 1 is 1.40 bits per heavy atom. The van der Waals surface area contributed by atoms with Gasteiger partial charge in [0.25, 0.3) is 0 Å². The van der Waals surface area contributed by atoms with Crippen LogP contribution in [-0.4, -0.2) is 33.2 Å². The van der Waals surface area contributed by atoms with Crippen molar-refractivity contribution in [1.29, 1.82) is 0 Å². The molecular weight excluding hydrogens is 276 g/mol. The van der Waals surface area contributed by atoms with Crippen LogP contribution in [0.3, 0.4) is 0 Å². The first kappa shape index (κ1) is 14.5. The number of rotatable bonds is 6. The third-order valence-electron chi connectivity index (χ3n) is 2.53. The van der Waals surface area contributed by atoms with Crippen LogP contribution in [0.25, 0.3) is 5.69 Å². The van der Waals surface area contributed by atoms with Crippen LogP contribution < -0.4 is 4.74 Å². The molecule has 0 unspecified atom stereocenters. The maximum Gasteiger partial charge on any atom is 0.313 e.